The molecule has 2 amide bonds. The van der Waals surface area contributed by atoms with Crippen molar-refractivity contribution in [3.8, 4) is 5.75 Å². The number of rotatable bonds is 7. The molecule has 3 rings (SSSR count). The molecular formula is C24H24N2O3. The minimum Gasteiger partial charge on any atom is -0.481 e. The molecule has 29 heavy (non-hydrogen) atoms. The van der Waals surface area contributed by atoms with Crippen molar-refractivity contribution in [2.24, 2.45) is 0 Å². The third-order valence-electron chi connectivity index (χ3n) is 4.50. The summed E-state index contributed by atoms with van der Waals surface area (Å²) < 4.78 is 5.66. The molecule has 0 aliphatic carbocycles. The number of hydrogen-bond donors (Lipinski definition) is 2. The maximum Gasteiger partial charge on any atom is 0.265 e. The normalized spacial score (nSPS) is 12.5. The molecule has 0 bridgehead atoms. The van der Waals surface area contributed by atoms with Gasteiger partial charge in [-0.2, -0.15) is 0 Å². The Balaban J connectivity index is 1.68. The van der Waals surface area contributed by atoms with Gasteiger partial charge in [0.15, 0.2) is 6.10 Å². The fraction of sp³-hybridized carbons (Fsp3) is 0.167. The van der Waals surface area contributed by atoms with E-state index in [9.17, 15) is 9.59 Å². The Kier molecular flexibility index (Phi) is 6.63. The lowest BCUT2D eigenvalue weighted by Crippen LogP contribution is -2.32. The van der Waals surface area contributed by atoms with E-state index in [4.69, 9.17) is 4.74 Å². The first-order chi connectivity index (χ1) is 14.0. The summed E-state index contributed by atoms with van der Waals surface area (Å²) in [7, 11) is 0. The van der Waals surface area contributed by atoms with E-state index in [0.717, 1.165) is 5.56 Å². The Morgan fingerprint density at radius 1 is 0.793 bits per heavy atom. The first-order valence-electron chi connectivity index (χ1n) is 9.52. The lowest BCUT2D eigenvalue weighted by Gasteiger charge is -2.18. The summed E-state index contributed by atoms with van der Waals surface area (Å²) in [5.41, 5.74) is 1.85. The Bertz CT molecular complexity index is 958. The minimum absolute atomic E-state index is 0.159. The van der Waals surface area contributed by atoms with Gasteiger partial charge in [0.2, 0.25) is 0 Å². The highest BCUT2D eigenvalue weighted by Crippen LogP contribution is 2.19. The maximum atomic E-state index is 12.8. The zero-order valence-electron chi connectivity index (χ0n) is 16.5. The van der Waals surface area contributed by atoms with Crippen molar-refractivity contribution in [1.82, 2.24) is 5.32 Å². The standard InChI is InChI=1S/C24H24N2O3/c1-17(19-11-5-3-6-12-19)25-24(28)21-15-9-10-16-22(21)26-23(27)18(2)29-20-13-7-4-8-14-20/h3-18H,1-2H3,(H,25,28)(H,26,27)/t17-,18+/m1/s1. The van der Waals surface area contributed by atoms with Crippen LogP contribution in [0.4, 0.5) is 5.69 Å². The van der Waals surface area contributed by atoms with Gasteiger partial charge in [0.25, 0.3) is 11.8 Å². The van der Waals surface area contributed by atoms with E-state index in [2.05, 4.69) is 10.6 Å². The van der Waals surface area contributed by atoms with Crippen molar-refractivity contribution in [2.45, 2.75) is 26.0 Å². The number of para-hydroxylation sites is 2. The van der Waals surface area contributed by atoms with E-state index in [1.165, 1.54) is 0 Å². The molecule has 0 spiro atoms. The molecule has 0 fully saturated rings. The second kappa shape index (κ2) is 9.55. The van der Waals surface area contributed by atoms with E-state index in [-0.39, 0.29) is 17.9 Å². The predicted molar refractivity (Wildman–Crippen MR) is 114 cm³/mol. The molecule has 0 aliphatic rings. The summed E-state index contributed by atoms with van der Waals surface area (Å²) in [6, 6.07) is 25.6. The summed E-state index contributed by atoms with van der Waals surface area (Å²) in [5.74, 6) is 0.0250. The van der Waals surface area contributed by atoms with E-state index in [0.29, 0.717) is 17.0 Å². The molecule has 0 heterocycles. The average molecular weight is 388 g/mol. The van der Waals surface area contributed by atoms with Gasteiger partial charge in [0, 0.05) is 0 Å². The second-order valence-corrected chi connectivity index (χ2v) is 6.71. The summed E-state index contributed by atoms with van der Waals surface area (Å²) in [5, 5.41) is 5.77. The monoisotopic (exact) mass is 388 g/mol. The van der Waals surface area contributed by atoms with Crippen molar-refractivity contribution >= 4 is 17.5 Å². The number of carbonyl (C=O) groups excluding carboxylic acids is 2. The molecule has 3 aromatic carbocycles. The number of carbonyl (C=O) groups is 2. The number of nitrogens with one attached hydrogen (secondary N) is 2. The Labute approximate surface area is 170 Å². The van der Waals surface area contributed by atoms with Crippen LogP contribution in [-0.4, -0.2) is 17.9 Å². The fourth-order valence-corrected chi connectivity index (χ4v) is 2.88. The molecule has 0 saturated heterocycles. The Hall–Kier alpha value is -3.60. The van der Waals surface area contributed by atoms with Gasteiger partial charge in [0.05, 0.1) is 17.3 Å². The van der Waals surface area contributed by atoms with Gasteiger partial charge in [-0.3, -0.25) is 9.59 Å². The van der Waals surface area contributed by atoms with Crippen LogP contribution in [0.5, 0.6) is 5.75 Å². The third-order valence-corrected chi connectivity index (χ3v) is 4.50. The van der Waals surface area contributed by atoms with E-state index < -0.39 is 6.10 Å². The van der Waals surface area contributed by atoms with Crippen molar-refractivity contribution in [3.05, 3.63) is 96.1 Å². The summed E-state index contributed by atoms with van der Waals surface area (Å²) >= 11 is 0. The molecule has 148 valence electrons. The van der Waals surface area contributed by atoms with Crippen LogP contribution in [-0.2, 0) is 4.79 Å². The number of benzene rings is 3. The lowest BCUT2D eigenvalue weighted by atomic mass is 10.1. The van der Waals surface area contributed by atoms with Gasteiger partial charge >= 0.3 is 0 Å². The van der Waals surface area contributed by atoms with Crippen LogP contribution in [0.25, 0.3) is 0 Å². The van der Waals surface area contributed by atoms with Gasteiger partial charge in [0.1, 0.15) is 5.75 Å². The minimum atomic E-state index is -0.711. The highest BCUT2D eigenvalue weighted by molar-refractivity contribution is 6.04. The Morgan fingerprint density at radius 3 is 2.07 bits per heavy atom. The smallest absolute Gasteiger partial charge is 0.265 e. The van der Waals surface area contributed by atoms with Crippen LogP contribution in [0.3, 0.4) is 0 Å². The largest absolute Gasteiger partial charge is 0.481 e. The van der Waals surface area contributed by atoms with Gasteiger partial charge in [-0.05, 0) is 43.7 Å². The van der Waals surface area contributed by atoms with Gasteiger partial charge in [-0.1, -0.05) is 60.7 Å². The topological polar surface area (TPSA) is 67.4 Å². The molecule has 0 aromatic heterocycles. The molecule has 0 saturated carbocycles. The van der Waals surface area contributed by atoms with Crippen molar-refractivity contribution < 1.29 is 14.3 Å². The zero-order chi connectivity index (χ0) is 20.6. The van der Waals surface area contributed by atoms with E-state index >= 15 is 0 Å². The zero-order valence-corrected chi connectivity index (χ0v) is 16.5. The predicted octanol–water partition coefficient (Wildman–Crippen LogP) is 4.58. The SMILES string of the molecule is C[C@H](Oc1ccccc1)C(=O)Nc1ccccc1C(=O)N[C@H](C)c1ccccc1. The molecule has 5 nitrogen and oxygen atoms in total. The van der Waals surface area contributed by atoms with Gasteiger partial charge in [-0.15, -0.1) is 0 Å². The van der Waals surface area contributed by atoms with Crippen LogP contribution in [0, 0.1) is 0 Å². The van der Waals surface area contributed by atoms with Crippen LogP contribution < -0.4 is 15.4 Å². The van der Waals surface area contributed by atoms with Crippen LogP contribution in [0.1, 0.15) is 35.8 Å². The molecule has 3 aromatic rings. The fourth-order valence-electron chi connectivity index (χ4n) is 2.88. The van der Waals surface area contributed by atoms with E-state index in [1.807, 2.05) is 55.5 Å². The molecule has 2 N–H and O–H groups in total. The molecule has 0 aliphatic heterocycles. The average Bonchev–Trinajstić information content (AvgIpc) is 2.75. The quantitative estimate of drug-likeness (QED) is 0.622. The van der Waals surface area contributed by atoms with Crippen molar-refractivity contribution in [3.63, 3.8) is 0 Å². The van der Waals surface area contributed by atoms with Crippen LogP contribution >= 0.6 is 0 Å². The highest BCUT2D eigenvalue weighted by atomic mass is 16.5. The molecule has 0 radical (unpaired) electrons. The second-order valence-electron chi connectivity index (χ2n) is 6.71. The molecule has 0 unspecified atom stereocenters. The Morgan fingerprint density at radius 2 is 1.38 bits per heavy atom. The van der Waals surface area contributed by atoms with Crippen LogP contribution in [0.15, 0.2) is 84.9 Å². The van der Waals surface area contributed by atoms with Gasteiger partial charge in [-0.25, -0.2) is 0 Å². The molecule has 5 heteroatoms. The first-order valence-corrected chi connectivity index (χ1v) is 9.52. The molecule has 2 atom stereocenters. The number of amides is 2. The lowest BCUT2D eigenvalue weighted by molar-refractivity contribution is -0.122. The van der Waals surface area contributed by atoms with Crippen molar-refractivity contribution in [2.75, 3.05) is 5.32 Å². The summed E-state index contributed by atoms with van der Waals surface area (Å²) in [4.78, 5) is 25.4. The van der Waals surface area contributed by atoms with E-state index in [1.54, 1.807) is 43.3 Å². The van der Waals surface area contributed by atoms with Crippen molar-refractivity contribution in [1.29, 1.82) is 0 Å². The summed E-state index contributed by atoms with van der Waals surface area (Å²) in [6.07, 6.45) is -0.711. The maximum absolute atomic E-state index is 12.8. The number of ether oxygens (including phenoxy) is 1. The molecular weight excluding hydrogens is 364 g/mol. The highest BCUT2D eigenvalue weighted by Gasteiger charge is 2.19. The first kappa shape index (κ1) is 20.1. The van der Waals surface area contributed by atoms with Crippen LogP contribution in [0.2, 0.25) is 0 Å². The number of hydrogen-bond acceptors (Lipinski definition) is 3. The van der Waals surface area contributed by atoms with Gasteiger partial charge < -0.3 is 15.4 Å². The summed E-state index contributed by atoms with van der Waals surface area (Å²) in [6.45, 7) is 3.59. The number of anilines is 1. The third kappa shape index (κ3) is 5.45.